The minimum Gasteiger partial charge on any atom is -0.268 e. The van der Waals surface area contributed by atoms with Gasteiger partial charge in [0.2, 0.25) is 10.0 Å². The Kier molecular flexibility index (Phi) is 3.91. The van der Waals surface area contributed by atoms with Crippen LogP contribution in [0.3, 0.4) is 0 Å². The molecule has 6 heteroatoms. The Morgan fingerprint density at radius 3 is 2.57 bits per heavy atom. The SMILES string of the molecule is O=S(=O)(Cc1ccc(F)cc1)N1CCSc2ccccc21. The molecule has 1 aliphatic rings. The quantitative estimate of drug-likeness (QED) is 0.870. The Bertz CT molecular complexity index is 745. The maximum Gasteiger partial charge on any atom is 0.239 e. The summed E-state index contributed by atoms with van der Waals surface area (Å²) in [5, 5.41) is 0. The van der Waals surface area contributed by atoms with Crippen LogP contribution in [0.15, 0.2) is 53.4 Å². The predicted molar refractivity (Wildman–Crippen MR) is 83.5 cm³/mol. The van der Waals surface area contributed by atoms with Crippen LogP contribution < -0.4 is 4.31 Å². The fraction of sp³-hybridized carbons (Fsp3) is 0.200. The molecule has 0 unspecified atom stereocenters. The van der Waals surface area contributed by atoms with Crippen LogP contribution in [-0.4, -0.2) is 20.7 Å². The van der Waals surface area contributed by atoms with Gasteiger partial charge in [0.05, 0.1) is 11.4 Å². The van der Waals surface area contributed by atoms with Crippen molar-refractivity contribution in [3.63, 3.8) is 0 Å². The molecular weight excluding hydrogens is 309 g/mol. The normalized spacial score (nSPS) is 14.8. The maximum absolute atomic E-state index is 12.9. The second-order valence-electron chi connectivity index (χ2n) is 4.77. The van der Waals surface area contributed by atoms with Gasteiger partial charge in [0.15, 0.2) is 0 Å². The minimum absolute atomic E-state index is 0.119. The van der Waals surface area contributed by atoms with Crippen LogP contribution in [0.5, 0.6) is 0 Å². The number of anilines is 1. The first-order valence-electron chi connectivity index (χ1n) is 6.53. The van der Waals surface area contributed by atoms with E-state index in [1.807, 2.05) is 24.3 Å². The van der Waals surface area contributed by atoms with Crippen LogP contribution in [0, 0.1) is 5.82 Å². The van der Waals surface area contributed by atoms with Gasteiger partial charge >= 0.3 is 0 Å². The average Bonchev–Trinajstić information content (AvgIpc) is 2.49. The minimum atomic E-state index is -3.47. The van der Waals surface area contributed by atoms with Crippen molar-refractivity contribution in [3.8, 4) is 0 Å². The first-order chi connectivity index (χ1) is 10.1. The number of halogens is 1. The molecular formula is C15H14FNO2S2. The first-order valence-corrected chi connectivity index (χ1v) is 9.12. The molecule has 0 radical (unpaired) electrons. The summed E-state index contributed by atoms with van der Waals surface area (Å²) >= 11 is 1.66. The standard InChI is InChI=1S/C15H14FNO2S2/c16-13-7-5-12(6-8-13)11-21(18,19)17-9-10-20-15-4-2-1-3-14(15)17/h1-8H,9-11H2. The van der Waals surface area contributed by atoms with Gasteiger partial charge in [-0.1, -0.05) is 24.3 Å². The zero-order valence-corrected chi connectivity index (χ0v) is 12.8. The molecule has 2 aromatic rings. The van der Waals surface area contributed by atoms with Crippen molar-refractivity contribution in [2.45, 2.75) is 10.6 Å². The molecule has 0 saturated heterocycles. The molecule has 0 aromatic heterocycles. The van der Waals surface area contributed by atoms with Crippen LogP contribution in [0.25, 0.3) is 0 Å². The van der Waals surface area contributed by atoms with Crippen LogP contribution in [0.2, 0.25) is 0 Å². The van der Waals surface area contributed by atoms with E-state index < -0.39 is 10.0 Å². The number of fused-ring (bicyclic) bond motifs is 1. The lowest BCUT2D eigenvalue weighted by Crippen LogP contribution is -2.36. The van der Waals surface area contributed by atoms with Gasteiger partial charge in [-0.3, -0.25) is 4.31 Å². The summed E-state index contributed by atoms with van der Waals surface area (Å²) in [6, 6.07) is 13.1. The number of nitrogens with zero attached hydrogens (tertiary/aromatic N) is 1. The summed E-state index contributed by atoms with van der Waals surface area (Å²) in [4.78, 5) is 0.978. The Labute approximate surface area is 127 Å². The Morgan fingerprint density at radius 2 is 1.81 bits per heavy atom. The third kappa shape index (κ3) is 3.06. The predicted octanol–water partition coefficient (Wildman–Crippen LogP) is 3.27. The Balaban J connectivity index is 1.91. The molecule has 1 heterocycles. The highest BCUT2D eigenvalue weighted by molar-refractivity contribution is 8.00. The van der Waals surface area contributed by atoms with Gasteiger partial charge in [-0.25, -0.2) is 12.8 Å². The van der Waals surface area contributed by atoms with Gasteiger partial charge in [0, 0.05) is 17.2 Å². The number of benzene rings is 2. The van der Waals surface area contributed by atoms with E-state index in [2.05, 4.69) is 0 Å². The topological polar surface area (TPSA) is 37.4 Å². The number of hydrogen-bond donors (Lipinski definition) is 0. The lowest BCUT2D eigenvalue weighted by molar-refractivity contribution is 0.590. The fourth-order valence-electron chi connectivity index (χ4n) is 2.30. The highest BCUT2D eigenvalue weighted by atomic mass is 32.2. The van der Waals surface area contributed by atoms with Crippen LogP contribution in [-0.2, 0) is 15.8 Å². The van der Waals surface area contributed by atoms with E-state index in [1.54, 1.807) is 11.8 Å². The summed E-state index contributed by atoms with van der Waals surface area (Å²) in [5.41, 5.74) is 1.32. The summed E-state index contributed by atoms with van der Waals surface area (Å²) in [7, 11) is -3.47. The van der Waals surface area contributed by atoms with Crippen LogP contribution >= 0.6 is 11.8 Å². The summed E-state index contributed by atoms with van der Waals surface area (Å²) in [5.74, 6) is 0.252. The molecule has 1 aliphatic heterocycles. The van der Waals surface area contributed by atoms with Crippen molar-refractivity contribution >= 4 is 27.5 Å². The van der Waals surface area contributed by atoms with Crippen molar-refractivity contribution in [2.24, 2.45) is 0 Å². The first kappa shape index (κ1) is 14.4. The largest absolute Gasteiger partial charge is 0.268 e. The van der Waals surface area contributed by atoms with Crippen LogP contribution in [0.4, 0.5) is 10.1 Å². The highest BCUT2D eigenvalue weighted by Gasteiger charge is 2.27. The van der Waals surface area contributed by atoms with Crippen molar-refractivity contribution in [1.82, 2.24) is 0 Å². The Morgan fingerprint density at radius 1 is 1.10 bits per heavy atom. The molecule has 2 aromatic carbocycles. The van der Waals surface area contributed by atoms with Crippen molar-refractivity contribution in [3.05, 3.63) is 59.9 Å². The number of hydrogen-bond acceptors (Lipinski definition) is 3. The smallest absolute Gasteiger partial charge is 0.239 e. The number of para-hydroxylation sites is 1. The van der Waals surface area contributed by atoms with Crippen molar-refractivity contribution < 1.29 is 12.8 Å². The summed E-state index contributed by atoms with van der Waals surface area (Å²) in [6.07, 6.45) is 0. The van der Waals surface area contributed by atoms with E-state index in [9.17, 15) is 12.8 Å². The lowest BCUT2D eigenvalue weighted by atomic mass is 10.2. The van der Waals surface area contributed by atoms with Gasteiger partial charge in [-0.15, -0.1) is 11.8 Å². The second kappa shape index (κ2) is 5.69. The van der Waals surface area contributed by atoms with E-state index in [-0.39, 0.29) is 11.6 Å². The number of thioether (sulfide) groups is 1. The van der Waals surface area contributed by atoms with Crippen LogP contribution in [0.1, 0.15) is 5.56 Å². The fourth-order valence-corrected chi connectivity index (χ4v) is 5.07. The van der Waals surface area contributed by atoms with Gasteiger partial charge in [-0.2, -0.15) is 0 Å². The molecule has 21 heavy (non-hydrogen) atoms. The molecule has 0 atom stereocenters. The van der Waals surface area contributed by atoms with E-state index in [4.69, 9.17) is 0 Å². The monoisotopic (exact) mass is 323 g/mol. The summed E-state index contributed by atoms with van der Waals surface area (Å²) in [6.45, 7) is 0.464. The number of rotatable bonds is 3. The van der Waals surface area contributed by atoms with Crippen molar-refractivity contribution in [1.29, 1.82) is 0 Å². The molecule has 0 bridgehead atoms. The molecule has 3 nitrogen and oxygen atoms in total. The molecule has 0 aliphatic carbocycles. The lowest BCUT2D eigenvalue weighted by Gasteiger charge is -2.30. The van der Waals surface area contributed by atoms with E-state index >= 15 is 0 Å². The highest BCUT2D eigenvalue weighted by Crippen LogP contribution is 2.36. The molecule has 0 spiro atoms. The Hall–Kier alpha value is -1.53. The molecule has 0 amide bonds. The molecule has 0 saturated carbocycles. The van der Waals surface area contributed by atoms with E-state index in [1.165, 1.54) is 28.6 Å². The van der Waals surface area contributed by atoms with Crippen molar-refractivity contribution in [2.75, 3.05) is 16.6 Å². The van der Waals surface area contributed by atoms with Gasteiger partial charge in [0.25, 0.3) is 0 Å². The molecule has 110 valence electrons. The van der Waals surface area contributed by atoms with Gasteiger partial charge in [0.1, 0.15) is 5.82 Å². The number of sulfonamides is 1. The molecule has 0 fully saturated rings. The third-order valence-electron chi connectivity index (χ3n) is 3.28. The van der Waals surface area contributed by atoms with Gasteiger partial charge in [-0.05, 0) is 29.8 Å². The van der Waals surface area contributed by atoms with Gasteiger partial charge < -0.3 is 0 Å². The average molecular weight is 323 g/mol. The maximum atomic E-state index is 12.9. The second-order valence-corrected chi connectivity index (χ2v) is 7.80. The summed E-state index contributed by atoms with van der Waals surface area (Å²) < 4.78 is 39.6. The zero-order chi connectivity index (χ0) is 14.9. The third-order valence-corrected chi connectivity index (χ3v) is 6.08. The molecule has 3 rings (SSSR count). The zero-order valence-electron chi connectivity index (χ0n) is 11.2. The van der Waals surface area contributed by atoms with E-state index in [0.717, 1.165) is 16.3 Å². The molecule has 0 N–H and O–H groups in total. The van der Waals surface area contributed by atoms with E-state index in [0.29, 0.717) is 12.1 Å².